The molecule has 0 spiro atoms. The van der Waals surface area contributed by atoms with Crippen LogP contribution in [-0.4, -0.2) is 48.6 Å². The van der Waals surface area contributed by atoms with Crippen LogP contribution in [0.2, 0.25) is 0 Å². The quantitative estimate of drug-likeness (QED) is 0.195. The molecule has 8 heteroatoms. The molecule has 8 nitrogen and oxygen atoms in total. The Balaban J connectivity index is 1.22. The molecule has 3 aromatic carbocycles. The minimum atomic E-state index is -0.770. The monoisotopic (exact) mass is 507 g/mol. The van der Waals surface area contributed by atoms with Crippen LogP contribution in [0, 0.1) is 0 Å². The summed E-state index contributed by atoms with van der Waals surface area (Å²) in [5.74, 6) is 1.27. The molecule has 4 rings (SSSR count). The maximum atomic E-state index is 11.2. The molecule has 0 amide bonds. The second-order valence-electron chi connectivity index (χ2n) is 8.92. The smallest absolute Gasteiger partial charge is 0.308 e. The van der Waals surface area contributed by atoms with E-state index in [0.717, 1.165) is 23.3 Å². The summed E-state index contributed by atoms with van der Waals surface area (Å²) < 4.78 is 22.8. The lowest BCUT2D eigenvalue weighted by atomic mass is 10.0. The largest absolute Gasteiger partial charge is 0.486 e. The molecule has 2 unspecified atom stereocenters. The van der Waals surface area contributed by atoms with Crippen molar-refractivity contribution in [1.82, 2.24) is 5.32 Å². The Hall–Kier alpha value is -3.43. The maximum Gasteiger partial charge on any atom is 0.308 e. The number of benzene rings is 3. The number of nitrogens with one attached hydrogen (secondary N) is 1. The molecule has 0 radical (unpaired) electrons. The highest BCUT2D eigenvalue weighted by molar-refractivity contribution is 5.69. The van der Waals surface area contributed by atoms with E-state index in [1.165, 1.54) is 6.92 Å². The number of rotatable bonds is 12. The zero-order valence-corrected chi connectivity index (χ0v) is 20.9. The van der Waals surface area contributed by atoms with E-state index in [1.54, 1.807) is 18.2 Å². The van der Waals surface area contributed by atoms with Gasteiger partial charge in [-0.1, -0.05) is 42.5 Å². The molecule has 0 fully saturated rings. The fourth-order valence-electron chi connectivity index (χ4n) is 4.05. The van der Waals surface area contributed by atoms with Gasteiger partial charge in [-0.15, -0.1) is 0 Å². The van der Waals surface area contributed by atoms with Crippen molar-refractivity contribution in [3.8, 4) is 17.2 Å². The number of hydrogen-bond donors (Lipinski definition) is 3. The molecule has 2 atom stereocenters. The zero-order chi connectivity index (χ0) is 26.0. The van der Waals surface area contributed by atoms with Crippen LogP contribution in [0.15, 0.2) is 66.7 Å². The molecule has 0 saturated carbocycles. The average Bonchev–Trinajstić information content (AvgIpc) is 2.91. The predicted molar refractivity (Wildman–Crippen MR) is 138 cm³/mol. The van der Waals surface area contributed by atoms with Crippen molar-refractivity contribution < 1.29 is 34.0 Å². The van der Waals surface area contributed by atoms with E-state index in [9.17, 15) is 15.0 Å². The SMILES string of the molecule is CC(=O)Oc1ccc(C(O)CNCCc2ccc3c(c2)OC(COCc2ccccc2)CO3)cc1CO. The lowest BCUT2D eigenvalue weighted by Gasteiger charge is -2.27. The third-order valence-electron chi connectivity index (χ3n) is 5.96. The van der Waals surface area contributed by atoms with E-state index in [0.29, 0.717) is 55.5 Å². The molecule has 0 aliphatic carbocycles. The number of carbonyl (C=O) groups is 1. The lowest BCUT2D eigenvalue weighted by Crippen LogP contribution is -2.33. The minimum absolute atomic E-state index is 0.171. The first kappa shape index (κ1) is 26.6. The number of fused-ring (bicyclic) bond motifs is 1. The number of carbonyl (C=O) groups excluding carboxylic acids is 1. The van der Waals surface area contributed by atoms with Gasteiger partial charge in [0.2, 0.25) is 0 Å². The number of aliphatic hydroxyl groups excluding tert-OH is 2. The summed E-state index contributed by atoms with van der Waals surface area (Å²) in [5, 5.41) is 23.4. The van der Waals surface area contributed by atoms with Crippen LogP contribution >= 0.6 is 0 Å². The van der Waals surface area contributed by atoms with E-state index in [4.69, 9.17) is 18.9 Å². The molecule has 0 bridgehead atoms. The summed E-state index contributed by atoms with van der Waals surface area (Å²) in [6.45, 7) is 3.42. The van der Waals surface area contributed by atoms with Gasteiger partial charge in [-0.25, -0.2) is 0 Å². The molecule has 1 aliphatic rings. The van der Waals surface area contributed by atoms with Gasteiger partial charge in [0.05, 0.1) is 25.9 Å². The van der Waals surface area contributed by atoms with Crippen LogP contribution < -0.4 is 19.5 Å². The van der Waals surface area contributed by atoms with Crippen molar-refractivity contribution in [1.29, 1.82) is 0 Å². The summed E-state index contributed by atoms with van der Waals surface area (Å²) in [4.78, 5) is 11.2. The Morgan fingerprint density at radius 1 is 1.08 bits per heavy atom. The van der Waals surface area contributed by atoms with Crippen LogP contribution in [0.1, 0.15) is 35.3 Å². The third-order valence-corrected chi connectivity index (χ3v) is 5.96. The van der Waals surface area contributed by atoms with E-state index in [-0.39, 0.29) is 12.7 Å². The normalized spacial score (nSPS) is 15.3. The molecule has 3 N–H and O–H groups in total. The van der Waals surface area contributed by atoms with Crippen molar-refractivity contribution in [2.75, 3.05) is 26.3 Å². The topological polar surface area (TPSA) is 106 Å². The Morgan fingerprint density at radius 2 is 1.92 bits per heavy atom. The Labute approximate surface area is 216 Å². The molecule has 3 aromatic rings. The van der Waals surface area contributed by atoms with Crippen molar-refractivity contribution in [3.63, 3.8) is 0 Å². The summed E-state index contributed by atoms with van der Waals surface area (Å²) >= 11 is 0. The first-order valence-electron chi connectivity index (χ1n) is 12.4. The summed E-state index contributed by atoms with van der Waals surface area (Å²) in [5.41, 5.74) is 3.29. The van der Waals surface area contributed by atoms with Gasteiger partial charge in [-0.05, 0) is 53.9 Å². The van der Waals surface area contributed by atoms with Crippen molar-refractivity contribution in [2.24, 2.45) is 0 Å². The van der Waals surface area contributed by atoms with E-state index in [2.05, 4.69) is 5.32 Å². The highest BCUT2D eigenvalue weighted by Gasteiger charge is 2.21. The third kappa shape index (κ3) is 7.77. The van der Waals surface area contributed by atoms with Gasteiger partial charge in [-0.3, -0.25) is 4.79 Å². The van der Waals surface area contributed by atoms with Gasteiger partial charge in [-0.2, -0.15) is 0 Å². The zero-order valence-electron chi connectivity index (χ0n) is 20.9. The van der Waals surface area contributed by atoms with Crippen molar-refractivity contribution in [2.45, 2.75) is 38.8 Å². The fourth-order valence-corrected chi connectivity index (χ4v) is 4.05. The molecular weight excluding hydrogens is 474 g/mol. The van der Waals surface area contributed by atoms with E-state index < -0.39 is 12.1 Å². The molecule has 1 heterocycles. The average molecular weight is 508 g/mol. The maximum absolute atomic E-state index is 11.2. The molecule has 0 aromatic heterocycles. The van der Waals surface area contributed by atoms with Crippen molar-refractivity contribution in [3.05, 3.63) is 89.0 Å². The van der Waals surface area contributed by atoms with Gasteiger partial charge < -0.3 is 34.5 Å². The van der Waals surface area contributed by atoms with Gasteiger partial charge in [0.25, 0.3) is 0 Å². The number of esters is 1. The molecule has 196 valence electrons. The Morgan fingerprint density at radius 3 is 2.70 bits per heavy atom. The molecule has 37 heavy (non-hydrogen) atoms. The van der Waals surface area contributed by atoms with Crippen LogP contribution in [0.4, 0.5) is 0 Å². The second-order valence-corrected chi connectivity index (χ2v) is 8.92. The Kier molecular flexibility index (Phi) is 9.51. The highest BCUT2D eigenvalue weighted by atomic mass is 16.6. The fraction of sp³-hybridized carbons (Fsp3) is 0.345. The highest BCUT2D eigenvalue weighted by Crippen LogP contribution is 2.33. The van der Waals surface area contributed by atoms with Crippen LogP contribution in [0.5, 0.6) is 17.2 Å². The predicted octanol–water partition coefficient (Wildman–Crippen LogP) is 3.33. The first-order valence-corrected chi connectivity index (χ1v) is 12.4. The van der Waals surface area contributed by atoms with E-state index in [1.807, 2.05) is 48.5 Å². The van der Waals surface area contributed by atoms with Gasteiger partial charge in [0.15, 0.2) is 17.6 Å². The molecule has 1 aliphatic heterocycles. The summed E-state index contributed by atoms with van der Waals surface area (Å²) in [6.07, 6.45) is -0.199. The summed E-state index contributed by atoms with van der Waals surface area (Å²) in [6, 6.07) is 20.8. The summed E-state index contributed by atoms with van der Waals surface area (Å²) in [7, 11) is 0. The molecule has 0 saturated heterocycles. The van der Waals surface area contributed by atoms with Gasteiger partial charge in [0.1, 0.15) is 12.4 Å². The van der Waals surface area contributed by atoms with Crippen LogP contribution in [-0.2, 0) is 29.2 Å². The molecular formula is C29H33NO7. The second kappa shape index (κ2) is 13.2. The Bertz CT molecular complexity index is 1170. The standard InChI is InChI=1S/C29H33NO7/c1-20(32)36-27-10-8-23(14-24(27)16-31)26(33)15-30-12-11-21-7-9-28-29(13-21)37-25(19-35-28)18-34-17-22-5-3-2-4-6-22/h2-10,13-14,25-26,30-31,33H,11-12,15-19H2,1H3. The van der Waals surface area contributed by atoms with Crippen LogP contribution in [0.25, 0.3) is 0 Å². The number of ether oxygens (including phenoxy) is 4. The first-order chi connectivity index (χ1) is 18.0. The van der Waals surface area contributed by atoms with Crippen LogP contribution in [0.3, 0.4) is 0 Å². The number of aliphatic hydroxyl groups is 2. The van der Waals surface area contributed by atoms with Gasteiger partial charge in [0, 0.05) is 19.0 Å². The van der Waals surface area contributed by atoms with Gasteiger partial charge >= 0.3 is 5.97 Å². The minimum Gasteiger partial charge on any atom is -0.486 e. The van der Waals surface area contributed by atoms with Crippen molar-refractivity contribution >= 4 is 5.97 Å². The van der Waals surface area contributed by atoms with E-state index >= 15 is 0 Å². The number of hydrogen-bond acceptors (Lipinski definition) is 8. The lowest BCUT2D eigenvalue weighted by molar-refractivity contribution is -0.131.